The van der Waals surface area contributed by atoms with Crippen molar-refractivity contribution in [1.29, 1.82) is 0 Å². The van der Waals surface area contributed by atoms with Crippen LogP contribution in [-0.2, 0) is 4.74 Å². The molecule has 1 aromatic rings. The Morgan fingerprint density at radius 1 is 1.04 bits per heavy atom. The first-order valence-electron chi connectivity index (χ1n) is 6.66. The Bertz CT molecular complexity index is 636. The largest absolute Gasteiger partial charge is 0.462 e. The van der Waals surface area contributed by atoms with Crippen LogP contribution in [0.1, 0.15) is 0 Å². The molecule has 1 heterocycles. The number of hydrogen-bond acceptors (Lipinski definition) is 10. The summed E-state index contributed by atoms with van der Waals surface area (Å²) in [5.74, 6) is -0.239. The van der Waals surface area contributed by atoms with Crippen molar-refractivity contribution in [2.24, 2.45) is 0 Å². The van der Waals surface area contributed by atoms with Crippen LogP contribution in [0.25, 0.3) is 0 Å². The van der Waals surface area contributed by atoms with Crippen LogP contribution in [0.15, 0.2) is 18.2 Å². The van der Waals surface area contributed by atoms with Crippen molar-refractivity contribution in [3.05, 3.63) is 38.4 Å². The first-order chi connectivity index (χ1) is 11.3. The van der Waals surface area contributed by atoms with Gasteiger partial charge in [0.15, 0.2) is 0 Å². The van der Waals surface area contributed by atoms with Crippen molar-refractivity contribution in [3.8, 4) is 5.75 Å². The number of hydrogen-bond donors (Lipinski definition) is 4. The van der Waals surface area contributed by atoms with Crippen LogP contribution in [0.5, 0.6) is 5.75 Å². The van der Waals surface area contributed by atoms with E-state index in [1.165, 1.54) is 0 Å². The molecule has 1 aromatic carbocycles. The number of nitro groups is 2. The zero-order valence-electron chi connectivity index (χ0n) is 12.0. The predicted molar refractivity (Wildman–Crippen MR) is 74.1 cm³/mol. The lowest BCUT2D eigenvalue weighted by molar-refractivity contribution is -0.422. The van der Waals surface area contributed by atoms with Crippen molar-refractivity contribution in [2.45, 2.75) is 30.7 Å². The Kier molecular flexibility index (Phi) is 5.26. The van der Waals surface area contributed by atoms with Gasteiger partial charge < -0.3 is 29.9 Å². The van der Waals surface area contributed by atoms with Gasteiger partial charge in [-0.15, -0.1) is 0 Å². The summed E-state index contributed by atoms with van der Waals surface area (Å²) in [5, 5.41) is 59.8. The van der Waals surface area contributed by atoms with Crippen LogP contribution in [0.4, 0.5) is 11.4 Å². The predicted octanol–water partition coefficient (Wildman–Crippen LogP) is -1.32. The monoisotopic (exact) mass is 346 g/mol. The molecule has 132 valence electrons. The molecule has 0 saturated carbocycles. The van der Waals surface area contributed by atoms with Gasteiger partial charge in [-0.1, -0.05) is 0 Å². The lowest BCUT2D eigenvalue weighted by atomic mass is 9.99. The van der Waals surface area contributed by atoms with Gasteiger partial charge in [0.1, 0.15) is 30.2 Å². The van der Waals surface area contributed by atoms with E-state index in [1.807, 2.05) is 0 Å². The maximum atomic E-state index is 10.9. The Balaban J connectivity index is 2.25. The van der Waals surface area contributed by atoms with Crippen LogP contribution in [0, 0.1) is 20.2 Å². The molecule has 1 unspecified atom stereocenters. The normalized spacial score (nSPS) is 29.9. The molecule has 12 heteroatoms. The van der Waals surface area contributed by atoms with Gasteiger partial charge in [0, 0.05) is 6.07 Å². The van der Waals surface area contributed by atoms with E-state index in [0.717, 1.165) is 18.2 Å². The van der Waals surface area contributed by atoms with E-state index in [9.17, 15) is 35.5 Å². The zero-order valence-corrected chi connectivity index (χ0v) is 12.0. The van der Waals surface area contributed by atoms with E-state index in [4.69, 9.17) is 14.6 Å². The molecule has 1 saturated heterocycles. The second kappa shape index (κ2) is 7.02. The number of aliphatic hydroxyl groups is 4. The minimum absolute atomic E-state index is 0.239. The summed E-state index contributed by atoms with van der Waals surface area (Å²) >= 11 is 0. The fourth-order valence-corrected chi connectivity index (χ4v) is 2.18. The highest BCUT2D eigenvalue weighted by atomic mass is 16.7. The molecule has 0 spiro atoms. The maximum Gasteiger partial charge on any atom is 0.349 e. The van der Waals surface area contributed by atoms with E-state index in [-0.39, 0.29) is 5.75 Å². The van der Waals surface area contributed by atoms with Crippen LogP contribution in [0.3, 0.4) is 0 Å². The van der Waals surface area contributed by atoms with Gasteiger partial charge in [0.05, 0.1) is 22.5 Å². The Hall–Kier alpha value is -2.38. The molecule has 12 nitrogen and oxygen atoms in total. The lowest BCUT2D eigenvalue weighted by Gasteiger charge is -2.39. The number of benzene rings is 1. The van der Waals surface area contributed by atoms with E-state index in [1.54, 1.807) is 0 Å². The highest BCUT2D eigenvalue weighted by molar-refractivity contribution is 5.55. The van der Waals surface area contributed by atoms with Crippen LogP contribution >= 0.6 is 0 Å². The smallest absolute Gasteiger partial charge is 0.349 e. The van der Waals surface area contributed by atoms with Gasteiger partial charge >= 0.3 is 11.4 Å². The number of rotatable bonds is 5. The Labute approximate surface area is 133 Å². The number of ether oxygens (including phenoxy) is 2. The van der Waals surface area contributed by atoms with Gasteiger partial charge in [-0.05, 0) is 6.07 Å². The third-order valence-corrected chi connectivity index (χ3v) is 3.44. The lowest BCUT2D eigenvalue weighted by Crippen LogP contribution is -2.60. The second-order valence-electron chi connectivity index (χ2n) is 4.98. The SMILES string of the molecule is O=[N+]([O-])c1ccc(OC2O[C@H](CO)[C@H](O)[C@H](O)[C@H]2O)cc1[N+](=O)[O-]. The summed E-state index contributed by atoms with van der Waals surface area (Å²) in [6.07, 6.45) is -7.76. The standard InChI is InChI=1S/C12H14N2O10/c15-4-8-9(16)10(17)11(18)12(24-8)23-5-1-2-6(13(19)20)7(3-5)14(21)22/h1-3,8-12,15-18H,4H2/t8-,9+,10+,11-,12?/m1/s1. The number of aliphatic hydroxyl groups excluding tert-OH is 4. The van der Waals surface area contributed by atoms with Crippen molar-refractivity contribution in [2.75, 3.05) is 6.61 Å². The summed E-state index contributed by atoms with van der Waals surface area (Å²) in [5.41, 5.74) is -1.58. The topological polar surface area (TPSA) is 186 Å². The first kappa shape index (κ1) is 18.0. The third-order valence-electron chi connectivity index (χ3n) is 3.44. The Morgan fingerprint density at radius 3 is 2.21 bits per heavy atom. The highest BCUT2D eigenvalue weighted by Crippen LogP contribution is 2.32. The molecule has 1 fully saturated rings. The van der Waals surface area contributed by atoms with Gasteiger partial charge in [0.2, 0.25) is 6.29 Å². The van der Waals surface area contributed by atoms with Crippen molar-refractivity contribution >= 4 is 11.4 Å². The third kappa shape index (κ3) is 3.42. The zero-order chi connectivity index (χ0) is 18.0. The summed E-state index contributed by atoms with van der Waals surface area (Å²) < 4.78 is 10.2. The molecular formula is C12H14N2O10. The van der Waals surface area contributed by atoms with Crippen LogP contribution < -0.4 is 4.74 Å². The van der Waals surface area contributed by atoms with E-state index >= 15 is 0 Å². The average molecular weight is 346 g/mol. The van der Waals surface area contributed by atoms with E-state index in [0.29, 0.717) is 0 Å². The molecule has 5 atom stereocenters. The van der Waals surface area contributed by atoms with Gasteiger partial charge in [-0.2, -0.15) is 0 Å². The van der Waals surface area contributed by atoms with E-state index in [2.05, 4.69) is 0 Å². The summed E-state index contributed by atoms with van der Waals surface area (Å²) in [4.78, 5) is 19.7. The summed E-state index contributed by atoms with van der Waals surface area (Å²) in [6, 6.07) is 2.66. The molecule has 4 N–H and O–H groups in total. The van der Waals surface area contributed by atoms with Gasteiger partial charge in [-0.25, -0.2) is 0 Å². The Morgan fingerprint density at radius 2 is 1.67 bits per heavy atom. The molecule has 1 aliphatic rings. The highest BCUT2D eigenvalue weighted by Gasteiger charge is 2.44. The minimum Gasteiger partial charge on any atom is -0.462 e. The molecule has 0 radical (unpaired) electrons. The quantitative estimate of drug-likeness (QED) is 0.368. The van der Waals surface area contributed by atoms with Gasteiger partial charge in [0.25, 0.3) is 0 Å². The summed E-state index contributed by atoms with van der Waals surface area (Å²) in [7, 11) is 0. The fourth-order valence-electron chi connectivity index (χ4n) is 2.18. The molecule has 0 aliphatic carbocycles. The van der Waals surface area contributed by atoms with Crippen LogP contribution in [-0.4, -0.2) is 67.6 Å². The molecule has 0 aromatic heterocycles. The molecular weight excluding hydrogens is 332 g/mol. The first-order valence-corrected chi connectivity index (χ1v) is 6.66. The average Bonchev–Trinajstić information content (AvgIpc) is 2.55. The molecule has 0 amide bonds. The molecule has 0 bridgehead atoms. The van der Waals surface area contributed by atoms with Gasteiger partial charge in [-0.3, -0.25) is 20.2 Å². The number of nitrogens with zero attached hydrogens (tertiary/aromatic N) is 2. The molecule has 2 rings (SSSR count). The minimum atomic E-state index is -1.71. The van der Waals surface area contributed by atoms with Crippen molar-refractivity contribution in [1.82, 2.24) is 0 Å². The van der Waals surface area contributed by atoms with E-state index < -0.39 is 58.5 Å². The van der Waals surface area contributed by atoms with Crippen molar-refractivity contribution in [3.63, 3.8) is 0 Å². The summed E-state index contributed by atoms with van der Waals surface area (Å²) in [6.45, 7) is -0.675. The molecule has 1 aliphatic heterocycles. The van der Waals surface area contributed by atoms with Crippen molar-refractivity contribution < 1.29 is 39.7 Å². The second-order valence-corrected chi connectivity index (χ2v) is 4.98. The van der Waals surface area contributed by atoms with Crippen LogP contribution in [0.2, 0.25) is 0 Å². The maximum absolute atomic E-state index is 10.9. The number of nitro benzene ring substituents is 2. The fraction of sp³-hybridized carbons (Fsp3) is 0.500. The molecule has 24 heavy (non-hydrogen) atoms.